The van der Waals surface area contributed by atoms with Crippen LogP contribution in [0.25, 0.3) is 0 Å². The molecule has 0 saturated heterocycles. The van der Waals surface area contributed by atoms with Crippen molar-refractivity contribution in [2.75, 3.05) is 25.0 Å². The lowest BCUT2D eigenvalue weighted by molar-refractivity contribution is 0.697. The SMILES string of the molecule is C1=C(CNc2ncnc3c2CCC3)CCNC1. The van der Waals surface area contributed by atoms with E-state index in [1.54, 1.807) is 6.33 Å². The minimum Gasteiger partial charge on any atom is -0.366 e. The minimum absolute atomic E-state index is 0.922. The molecule has 4 heteroatoms. The highest BCUT2D eigenvalue weighted by Crippen LogP contribution is 2.25. The minimum atomic E-state index is 0.922. The second-order valence-corrected chi connectivity index (χ2v) is 4.67. The van der Waals surface area contributed by atoms with E-state index in [1.165, 1.54) is 23.3 Å². The zero-order valence-electron chi connectivity index (χ0n) is 10.00. The van der Waals surface area contributed by atoms with Crippen LogP contribution in [0.5, 0.6) is 0 Å². The summed E-state index contributed by atoms with van der Waals surface area (Å²) in [7, 11) is 0. The Kier molecular flexibility index (Phi) is 3.05. The lowest BCUT2D eigenvalue weighted by Gasteiger charge is -2.16. The summed E-state index contributed by atoms with van der Waals surface area (Å²) in [6, 6.07) is 0. The summed E-state index contributed by atoms with van der Waals surface area (Å²) < 4.78 is 0. The molecule has 2 aliphatic rings. The number of hydrogen-bond donors (Lipinski definition) is 2. The van der Waals surface area contributed by atoms with Crippen molar-refractivity contribution in [1.82, 2.24) is 15.3 Å². The first kappa shape index (κ1) is 10.7. The maximum absolute atomic E-state index is 4.37. The molecule has 0 radical (unpaired) electrons. The van der Waals surface area contributed by atoms with Gasteiger partial charge in [-0.05, 0) is 32.2 Å². The van der Waals surface area contributed by atoms with Gasteiger partial charge in [0.15, 0.2) is 0 Å². The van der Waals surface area contributed by atoms with Crippen molar-refractivity contribution in [1.29, 1.82) is 0 Å². The molecule has 2 heterocycles. The van der Waals surface area contributed by atoms with Crippen LogP contribution in [0.15, 0.2) is 18.0 Å². The van der Waals surface area contributed by atoms with Crippen LogP contribution >= 0.6 is 0 Å². The fraction of sp³-hybridized carbons (Fsp3) is 0.538. The largest absolute Gasteiger partial charge is 0.366 e. The van der Waals surface area contributed by atoms with E-state index < -0.39 is 0 Å². The number of hydrogen-bond acceptors (Lipinski definition) is 4. The van der Waals surface area contributed by atoms with Crippen LogP contribution in [-0.4, -0.2) is 29.6 Å². The van der Waals surface area contributed by atoms with Crippen LogP contribution in [-0.2, 0) is 12.8 Å². The first-order valence-electron chi connectivity index (χ1n) is 6.39. The van der Waals surface area contributed by atoms with Gasteiger partial charge < -0.3 is 10.6 Å². The first-order valence-corrected chi connectivity index (χ1v) is 6.39. The molecule has 0 amide bonds. The molecule has 2 N–H and O–H groups in total. The quantitative estimate of drug-likeness (QED) is 0.768. The van der Waals surface area contributed by atoms with Crippen LogP contribution in [0.2, 0.25) is 0 Å². The Labute approximate surface area is 102 Å². The fourth-order valence-corrected chi connectivity index (χ4v) is 2.54. The van der Waals surface area contributed by atoms with Gasteiger partial charge in [-0.2, -0.15) is 0 Å². The van der Waals surface area contributed by atoms with Gasteiger partial charge in [0, 0.05) is 24.3 Å². The van der Waals surface area contributed by atoms with E-state index in [2.05, 4.69) is 26.7 Å². The third kappa shape index (κ3) is 2.31. The fourth-order valence-electron chi connectivity index (χ4n) is 2.54. The summed E-state index contributed by atoms with van der Waals surface area (Å²) >= 11 is 0. The van der Waals surface area contributed by atoms with Gasteiger partial charge in [0.2, 0.25) is 0 Å². The average molecular weight is 230 g/mol. The van der Waals surface area contributed by atoms with E-state index >= 15 is 0 Å². The van der Waals surface area contributed by atoms with Crippen LogP contribution in [0.3, 0.4) is 0 Å². The van der Waals surface area contributed by atoms with Gasteiger partial charge in [0.05, 0.1) is 0 Å². The summed E-state index contributed by atoms with van der Waals surface area (Å²) in [5.74, 6) is 1.05. The van der Waals surface area contributed by atoms with Crippen molar-refractivity contribution in [2.45, 2.75) is 25.7 Å². The second kappa shape index (κ2) is 4.84. The summed E-state index contributed by atoms with van der Waals surface area (Å²) in [6.45, 7) is 3.01. The highest BCUT2D eigenvalue weighted by Gasteiger charge is 2.16. The average Bonchev–Trinajstić information content (AvgIpc) is 2.86. The maximum atomic E-state index is 4.37. The number of aromatic nitrogens is 2. The standard InChI is InChI=1S/C13H18N4/c1-2-11-12(3-1)16-9-17-13(11)15-8-10-4-6-14-7-5-10/h4,9,14H,1-3,5-8H2,(H,15,16,17). The number of nitrogens with one attached hydrogen (secondary N) is 2. The second-order valence-electron chi connectivity index (χ2n) is 4.67. The van der Waals surface area contributed by atoms with E-state index in [1.807, 2.05) is 0 Å². The molecule has 0 fully saturated rings. The Morgan fingerprint density at radius 3 is 3.12 bits per heavy atom. The number of rotatable bonds is 3. The Hall–Kier alpha value is -1.42. The molecule has 4 nitrogen and oxygen atoms in total. The van der Waals surface area contributed by atoms with Gasteiger partial charge in [-0.25, -0.2) is 9.97 Å². The van der Waals surface area contributed by atoms with Crippen molar-refractivity contribution < 1.29 is 0 Å². The van der Waals surface area contributed by atoms with Crippen LogP contribution in [0, 0.1) is 0 Å². The van der Waals surface area contributed by atoms with Gasteiger partial charge in [0.25, 0.3) is 0 Å². The summed E-state index contributed by atoms with van der Waals surface area (Å²) in [6.07, 6.45) is 8.55. The molecular formula is C13H18N4. The molecule has 1 aliphatic carbocycles. The highest BCUT2D eigenvalue weighted by atomic mass is 15.0. The Morgan fingerprint density at radius 2 is 2.24 bits per heavy atom. The highest BCUT2D eigenvalue weighted by molar-refractivity contribution is 5.48. The van der Waals surface area contributed by atoms with E-state index in [9.17, 15) is 0 Å². The Morgan fingerprint density at radius 1 is 1.24 bits per heavy atom. The monoisotopic (exact) mass is 230 g/mol. The number of aryl methyl sites for hydroxylation is 1. The van der Waals surface area contributed by atoms with Crippen molar-refractivity contribution in [3.8, 4) is 0 Å². The van der Waals surface area contributed by atoms with E-state index in [-0.39, 0.29) is 0 Å². The Bertz CT molecular complexity index is 439. The molecule has 0 spiro atoms. The topological polar surface area (TPSA) is 49.8 Å². The van der Waals surface area contributed by atoms with Crippen molar-refractivity contribution >= 4 is 5.82 Å². The molecule has 3 rings (SSSR count). The predicted molar refractivity (Wildman–Crippen MR) is 68.1 cm³/mol. The zero-order chi connectivity index (χ0) is 11.5. The predicted octanol–water partition coefficient (Wildman–Crippen LogP) is 1.30. The summed E-state index contributed by atoms with van der Waals surface area (Å²) in [5, 5.41) is 6.79. The lowest BCUT2D eigenvalue weighted by atomic mass is 10.1. The van der Waals surface area contributed by atoms with Crippen molar-refractivity contribution in [2.24, 2.45) is 0 Å². The molecule has 0 saturated carbocycles. The van der Waals surface area contributed by atoms with E-state index in [0.29, 0.717) is 0 Å². The number of fused-ring (bicyclic) bond motifs is 1. The van der Waals surface area contributed by atoms with Gasteiger partial charge in [0.1, 0.15) is 12.1 Å². The lowest BCUT2D eigenvalue weighted by Crippen LogP contribution is -2.23. The number of nitrogens with zero attached hydrogens (tertiary/aromatic N) is 2. The number of anilines is 1. The normalized spacial score (nSPS) is 18.7. The zero-order valence-corrected chi connectivity index (χ0v) is 10.00. The van der Waals surface area contributed by atoms with Crippen LogP contribution < -0.4 is 10.6 Å². The molecule has 1 aromatic rings. The van der Waals surface area contributed by atoms with Gasteiger partial charge >= 0.3 is 0 Å². The first-order chi connectivity index (χ1) is 8.43. The van der Waals surface area contributed by atoms with Crippen LogP contribution in [0.1, 0.15) is 24.1 Å². The smallest absolute Gasteiger partial charge is 0.133 e. The molecule has 90 valence electrons. The van der Waals surface area contributed by atoms with E-state index in [4.69, 9.17) is 0 Å². The van der Waals surface area contributed by atoms with Crippen LogP contribution in [0.4, 0.5) is 5.82 Å². The molecule has 17 heavy (non-hydrogen) atoms. The molecule has 0 atom stereocenters. The van der Waals surface area contributed by atoms with Gasteiger partial charge in [-0.3, -0.25) is 0 Å². The van der Waals surface area contributed by atoms with E-state index in [0.717, 1.165) is 44.7 Å². The maximum Gasteiger partial charge on any atom is 0.133 e. The van der Waals surface area contributed by atoms with Crippen molar-refractivity contribution in [3.63, 3.8) is 0 Å². The molecular weight excluding hydrogens is 212 g/mol. The third-order valence-electron chi connectivity index (χ3n) is 3.52. The van der Waals surface area contributed by atoms with Crippen molar-refractivity contribution in [3.05, 3.63) is 29.2 Å². The summed E-state index contributed by atoms with van der Waals surface area (Å²) in [5.41, 5.74) is 4.05. The molecule has 1 aromatic heterocycles. The molecule has 0 unspecified atom stereocenters. The molecule has 0 bridgehead atoms. The summed E-state index contributed by atoms with van der Waals surface area (Å²) in [4.78, 5) is 8.71. The van der Waals surface area contributed by atoms with Gasteiger partial charge in [-0.1, -0.05) is 11.6 Å². The van der Waals surface area contributed by atoms with Gasteiger partial charge in [-0.15, -0.1) is 0 Å². The molecule has 0 aromatic carbocycles. The third-order valence-corrected chi connectivity index (χ3v) is 3.52. The molecule has 1 aliphatic heterocycles. The Balaban J connectivity index is 1.69.